The van der Waals surface area contributed by atoms with E-state index >= 15 is 0 Å². The Morgan fingerprint density at radius 2 is 2.13 bits per heavy atom. The first-order valence-corrected chi connectivity index (χ1v) is 5.19. The van der Waals surface area contributed by atoms with Gasteiger partial charge in [-0.3, -0.25) is 0 Å². The van der Waals surface area contributed by atoms with Gasteiger partial charge in [0.2, 0.25) is 0 Å². The predicted octanol–water partition coefficient (Wildman–Crippen LogP) is 2.32. The van der Waals surface area contributed by atoms with Crippen molar-refractivity contribution in [1.29, 1.82) is 0 Å². The minimum atomic E-state index is -0.315. The standard InChI is InChI=1S/C12H17FO2/c1-3-9-7-10(5-4-6-14)12(15-2)11(13)8-9/h7-8,14H,3-6H2,1-2H3. The van der Waals surface area contributed by atoms with Gasteiger partial charge in [-0.25, -0.2) is 4.39 Å². The molecule has 1 rings (SSSR count). The molecule has 84 valence electrons. The molecule has 0 heterocycles. The summed E-state index contributed by atoms with van der Waals surface area (Å²) in [6.45, 7) is 2.10. The zero-order valence-electron chi connectivity index (χ0n) is 9.22. The third-order valence-electron chi connectivity index (χ3n) is 2.40. The number of benzene rings is 1. The van der Waals surface area contributed by atoms with Crippen molar-refractivity contribution in [3.8, 4) is 5.75 Å². The third kappa shape index (κ3) is 2.93. The molecule has 0 aromatic heterocycles. The summed E-state index contributed by atoms with van der Waals surface area (Å²) in [4.78, 5) is 0. The second-order valence-corrected chi connectivity index (χ2v) is 3.45. The molecular weight excluding hydrogens is 195 g/mol. The maximum atomic E-state index is 13.5. The van der Waals surface area contributed by atoms with Crippen molar-refractivity contribution in [3.63, 3.8) is 0 Å². The smallest absolute Gasteiger partial charge is 0.165 e. The molecule has 1 N–H and O–H groups in total. The summed E-state index contributed by atoms with van der Waals surface area (Å²) < 4.78 is 18.6. The number of aliphatic hydroxyl groups is 1. The maximum Gasteiger partial charge on any atom is 0.165 e. The molecule has 0 aliphatic rings. The number of methoxy groups -OCH3 is 1. The van der Waals surface area contributed by atoms with Crippen molar-refractivity contribution in [2.45, 2.75) is 26.2 Å². The molecular formula is C12H17FO2. The van der Waals surface area contributed by atoms with Gasteiger partial charge in [0.25, 0.3) is 0 Å². The summed E-state index contributed by atoms with van der Waals surface area (Å²) in [6.07, 6.45) is 2.07. The molecule has 0 saturated heterocycles. The number of aliphatic hydroxyl groups excluding tert-OH is 1. The van der Waals surface area contributed by atoms with Gasteiger partial charge in [-0.2, -0.15) is 0 Å². The zero-order valence-corrected chi connectivity index (χ0v) is 9.22. The van der Waals surface area contributed by atoms with E-state index in [1.165, 1.54) is 13.2 Å². The number of ether oxygens (including phenoxy) is 1. The molecule has 0 saturated carbocycles. The van der Waals surface area contributed by atoms with Crippen molar-refractivity contribution in [1.82, 2.24) is 0 Å². The van der Waals surface area contributed by atoms with Crippen molar-refractivity contribution < 1.29 is 14.2 Å². The number of rotatable bonds is 5. The molecule has 0 radical (unpaired) electrons. The van der Waals surface area contributed by atoms with Crippen LogP contribution in [-0.4, -0.2) is 18.8 Å². The Morgan fingerprint density at radius 3 is 2.67 bits per heavy atom. The Hall–Kier alpha value is -1.09. The van der Waals surface area contributed by atoms with Gasteiger partial charge in [-0.15, -0.1) is 0 Å². The van der Waals surface area contributed by atoms with Crippen molar-refractivity contribution in [2.75, 3.05) is 13.7 Å². The summed E-state index contributed by atoms with van der Waals surface area (Å²) in [7, 11) is 1.46. The quantitative estimate of drug-likeness (QED) is 0.811. The van der Waals surface area contributed by atoms with Crippen molar-refractivity contribution in [2.24, 2.45) is 0 Å². The third-order valence-corrected chi connectivity index (χ3v) is 2.40. The molecule has 1 aromatic rings. The summed E-state index contributed by atoms with van der Waals surface area (Å²) >= 11 is 0. The first-order valence-electron chi connectivity index (χ1n) is 5.19. The van der Waals surface area contributed by atoms with Crippen LogP contribution in [0.25, 0.3) is 0 Å². The van der Waals surface area contributed by atoms with Crippen LogP contribution in [0.5, 0.6) is 5.75 Å². The van der Waals surface area contributed by atoms with Gasteiger partial charge < -0.3 is 9.84 Å². The van der Waals surface area contributed by atoms with E-state index in [0.29, 0.717) is 18.6 Å². The molecule has 0 spiro atoms. The second kappa shape index (κ2) is 5.71. The van der Waals surface area contributed by atoms with Crippen LogP contribution in [0.15, 0.2) is 12.1 Å². The fourth-order valence-corrected chi connectivity index (χ4v) is 1.60. The van der Waals surface area contributed by atoms with Gasteiger partial charge in [-0.1, -0.05) is 13.0 Å². The summed E-state index contributed by atoms with van der Waals surface area (Å²) in [6, 6.07) is 3.44. The lowest BCUT2D eigenvalue weighted by atomic mass is 10.0. The van der Waals surface area contributed by atoms with Gasteiger partial charge in [-0.05, 0) is 36.5 Å². The highest BCUT2D eigenvalue weighted by molar-refractivity contribution is 5.39. The Kier molecular flexibility index (Phi) is 4.56. The SMILES string of the molecule is CCc1cc(F)c(OC)c(CCCO)c1. The zero-order chi connectivity index (χ0) is 11.3. The largest absolute Gasteiger partial charge is 0.493 e. The number of halogens is 1. The first-order chi connectivity index (χ1) is 7.22. The van der Waals surface area contributed by atoms with E-state index in [9.17, 15) is 4.39 Å². The summed E-state index contributed by atoms with van der Waals surface area (Å²) in [5, 5.41) is 8.75. The van der Waals surface area contributed by atoms with E-state index in [4.69, 9.17) is 9.84 Å². The maximum absolute atomic E-state index is 13.5. The molecule has 0 bridgehead atoms. The predicted molar refractivity (Wildman–Crippen MR) is 57.7 cm³/mol. The lowest BCUT2D eigenvalue weighted by Crippen LogP contribution is -1.99. The Labute approximate surface area is 89.7 Å². The molecule has 15 heavy (non-hydrogen) atoms. The Balaban J connectivity index is 3.02. The minimum absolute atomic E-state index is 0.112. The van der Waals surface area contributed by atoms with Crippen molar-refractivity contribution >= 4 is 0 Å². The van der Waals surface area contributed by atoms with Crippen LogP contribution >= 0.6 is 0 Å². The fraction of sp³-hybridized carbons (Fsp3) is 0.500. The fourth-order valence-electron chi connectivity index (χ4n) is 1.60. The van der Waals surface area contributed by atoms with Gasteiger partial charge in [0, 0.05) is 6.61 Å². The van der Waals surface area contributed by atoms with Gasteiger partial charge >= 0.3 is 0 Å². The van der Waals surface area contributed by atoms with Crippen molar-refractivity contribution in [3.05, 3.63) is 29.1 Å². The van der Waals surface area contributed by atoms with E-state index in [0.717, 1.165) is 17.5 Å². The average molecular weight is 212 g/mol. The molecule has 0 fully saturated rings. The van der Waals surface area contributed by atoms with E-state index in [1.54, 1.807) is 0 Å². The van der Waals surface area contributed by atoms with Crippen LogP contribution in [0.2, 0.25) is 0 Å². The molecule has 0 atom stereocenters. The van der Waals surface area contributed by atoms with Gasteiger partial charge in [0.05, 0.1) is 7.11 Å². The normalized spacial score (nSPS) is 10.4. The van der Waals surface area contributed by atoms with Crippen LogP contribution in [-0.2, 0) is 12.8 Å². The van der Waals surface area contributed by atoms with Crippen LogP contribution in [0.4, 0.5) is 4.39 Å². The number of hydrogen-bond acceptors (Lipinski definition) is 2. The summed E-state index contributed by atoms with van der Waals surface area (Å²) in [5.74, 6) is -0.00885. The molecule has 2 nitrogen and oxygen atoms in total. The second-order valence-electron chi connectivity index (χ2n) is 3.45. The molecule has 1 aromatic carbocycles. The van der Waals surface area contributed by atoms with Gasteiger partial charge in [0.1, 0.15) is 0 Å². The van der Waals surface area contributed by atoms with E-state index in [-0.39, 0.29) is 12.4 Å². The van der Waals surface area contributed by atoms with E-state index in [2.05, 4.69) is 0 Å². The number of hydrogen-bond donors (Lipinski definition) is 1. The highest BCUT2D eigenvalue weighted by Gasteiger charge is 2.10. The minimum Gasteiger partial charge on any atom is -0.493 e. The highest BCUT2D eigenvalue weighted by atomic mass is 19.1. The van der Waals surface area contributed by atoms with Crippen LogP contribution in [0.1, 0.15) is 24.5 Å². The Bertz CT molecular complexity index is 324. The first kappa shape index (κ1) is 12.0. The average Bonchev–Trinajstić information content (AvgIpc) is 2.25. The molecule has 0 unspecified atom stereocenters. The van der Waals surface area contributed by atoms with Crippen LogP contribution in [0.3, 0.4) is 0 Å². The molecule has 0 aliphatic carbocycles. The lowest BCUT2D eigenvalue weighted by molar-refractivity contribution is 0.287. The van der Waals surface area contributed by atoms with E-state index < -0.39 is 0 Å². The Morgan fingerprint density at radius 1 is 1.40 bits per heavy atom. The topological polar surface area (TPSA) is 29.5 Å². The molecule has 3 heteroatoms. The van der Waals surface area contributed by atoms with Crippen LogP contribution < -0.4 is 4.74 Å². The van der Waals surface area contributed by atoms with Crippen LogP contribution in [0, 0.1) is 5.82 Å². The monoisotopic (exact) mass is 212 g/mol. The highest BCUT2D eigenvalue weighted by Crippen LogP contribution is 2.25. The van der Waals surface area contributed by atoms with Gasteiger partial charge in [0.15, 0.2) is 11.6 Å². The summed E-state index contributed by atoms with van der Waals surface area (Å²) in [5.41, 5.74) is 1.80. The van der Waals surface area contributed by atoms with E-state index in [1.807, 2.05) is 13.0 Å². The number of aryl methyl sites for hydroxylation is 2. The molecule has 0 aliphatic heterocycles. The lowest BCUT2D eigenvalue weighted by Gasteiger charge is -2.11. The molecule has 0 amide bonds.